The molecule has 0 aromatic carbocycles. The zero-order valence-electron chi connectivity index (χ0n) is 17.9. The second-order valence-electron chi connectivity index (χ2n) is 9.95. The lowest BCUT2D eigenvalue weighted by Gasteiger charge is -2.37. The third-order valence-corrected chi connectivity index (χ3v) is 10.8. The van der Waals surface area contributed by atoms with Gasteiger partial charge in [0.15, 0.2) is 26.0 Å². The standard InChI is InChI=1S/C20H36FNO4Si/c1-19(2,3)27(6,7)23-13-14-15-16(26-20(4,5)25-15)17(24-14)18(21)22-11-9-8-10-12-22/h14-16H,8-13H2,1-7H3/b18-17+/t14-,15-,16-/m1/s1. The maximum atomic E-state index is 15.2. The van der Waals surface area contributed by atoms with Gasteiger partial charge in [-0.2, -0.15) is 4.39 Å². The van der Waals surface area contributed by atoms with Crippen molar-refractivity contribution in [3.63, 3.8) is 0 Å². The molecule has 0 aromatic rings. The van der Waals surface area contributed by atoms with Gasteiger partial charge in [-0.1, -0.05) is 20.8 Å². The monoisotopic (exact) mass is 401 g/mol. The molecule has 0 radical (unpaired) electrons. The van der Waals surface area contributed by atoms with E-state index < -0.39 is 20.2 Å². The molecule has 0 aromatic heterocycles. The molecule has 0 aliphatic carbocycles. The molecule has 27 heavy (non-hydrogen) atoms. The first kappa shape index (κ1) is 21.1. The molecular formula is C20H36FNO4Si. The predicted molar refractivity (Wildman–Crippen MR) is 105 cm³/mol. The third kappa shape index (κ3) is 4.36. The minimum atomic E-state index is -1.93. The Balaban J connectivity index is 1.78. The summed E-state index contributed by atoms with van der Waals surface area (Å²) in [6.07, 6.45) is 1.98. The average molecular weight is 402 g/mol. The predicted octanol–water partition coefficient (Wildman–Crippen LogP) is 4.55. The highest BCUT2D eigenvalue weighted by Gasteiger charge is 2.55. The Morgan fingerprint density at radius 1 is 1.19 bits per heavy atom. The fraction of sp³-hybridized carbons (Fsp3) is 0.900. The van der Waals surface area contributed by atoms with Crippen LogP contribution >= 0.6 is 0 Å². The van der Waals surface area contributed by atoms with Crippen molar-refractivity contribution >= 4 is 8.32 Å². The Kier molecular flexibility index (Phi) is 5.71. The Morgan fingerprint density at radius 3 is 2.41 bits per heavy atom. The summed E-state index contributed by atoms with van der Waals surface area (Å²) in [4.78, 5) is 1.78. The van der Waals surface area contributed by atoms with Gasteiger partial charge in [-0.25, -0.2) is 0 Å². The van der Waals surface area contributed by atoms with Gasteiger partial charge in [-0.05, 0) is 51.2 Å². The minimum Gasteiger partial charge on any atom is -0.482 e. The first-order chi connectivity index (χ1) is 12.4. The largest absolute Gasteiger partial charge is 0.482 e. The molecule has 7 heteroatoms. The van der Waals surface area contributed by atoms with E-state index in [0.29, 0.717) is 6.61 Å². The van der Waals surface area contributed by atoms with Crippen molar-refractivity contribution in [1.29, 1.82) is 0 Å². The average Bonchev–Trinajstić information content (AvgIpc) is 3.05. The lowest BCUT2D eigenvalue weighted by molar-refractivity contribution is -0.169. The van der Waals surface area contributed by atoms with Crippen LogP contribution in [0.2, 0.25) is 18.1 Å². The van der Waals surface area contributed by atoms with E-state index in [1.165, 1.54) is 0 Å². The molecule has 3 heterocycles. The highest BCUT2D eigenvalue weighted by atomic mass is 28.4. The number of ether oxygens (including phenoxy) is 3. The Bertz CT molecular complexity index is 581. The molecule has 3 fully saturated rings. The van der Waals surface area contributed by atoms with Crippen LogP contribution in [-0.2, 0) is 18.6 Å². The van der Waals surface area contributed by atoms with E-state index >= 15 is 4.39 Å². The molecule has 3 saturated heterocycles. The molecule has 0 bridgehead atoms. The van der Waals surface area contributed by atoms with Crippen molar-refractivity contribution in [1.82, 2.24) is 4.90 Å². The number of halogens is 1. The van der Waals surface area contributed by atoms with Gasteiger partial charge in [0.1, 0.15) is 12.2 Å². The molecule has 3 atom stereocenters. The molecule has 156 valence electrons. The molecule has 0 spiro atoms. The van der Waals surface area contributed by atoms with Gasteiger partial charge in [-0.15, -0.1) is 0 Å². The molecular weight excluding hydrogens is 365 g/mol. The fourth-order valence-electron chi connectivity index (χ4n) is 3.61. The zero-order chi connectivity index (χ0) is 20.0. The maximum absolute atomic E-state index is 15.2. The van der Waals surface area contributed by atoms with Crippen LogP contribution in [0.15, 0.2) is 11.7 Å². The molecule has 3 aliphatic heterocycles. The smallest absolute Gasteiger partial charge is 0.230 e. The van der Waals surface area contributed by atoms with E-state index in [-0.39, 0.29) is 29.0 Å². The number of nitrogens with zero attached hydrogens (tertiary/aromatic N) is 1. The number of likely N-dealkylation sites (tertiary alicyclic amines) is 1. The SMILES string of the molecule is CC1(C)O[C@@H]2[C@@H](CO[Si](C)(C)C(C)(C)C)O/C(=C(\F)N3CCCCC3)[C@@H]2O1. The van der Waals surface area contributed by atoms with Crippen LogP contribution in [0.25, 0.3) is 0 Å². The molecule has 0 N–H and O–H groups in total. The Morgan fingerprint density at radius 2 is 1.81 bits per heavy atom. The van der Waals surface area contributed by atoms with Crippen molar-refractivity contribution in [3.8, 4) is 0 Å². The molecule has 5 nitrogen and oxygen atoms in total. The zero-order valence-corrected chi connectivity index (χ0v) is 18.9. The van der Waals surface area contributed by atoms with Crippen LogP contribution in [0.4, 0.5) is 4.39 Å². The summed E-state index contributed by atoms with van der Waals surface area (Å²) in [5.41, 5.74) is 0. The first-order valence-corrected chi connectivity index (χ1v) is 13.1. The molecule has 0 saturated carbocycles. The van der Waals surface area contributed by atoms with E-state index in [2.05, 4.69) is 33.9 Å². The van der Waals surface area contributed by atoms with Crippen LogP contribution in [0.5, 0.6) is 0 Å². The van der Waals surface area contributed by atoms with Crippen molar-refractivity contribution in [2.45, 2.75) is 96.1 Å². The van der Waals surface area contributed by atoms with E-state index in [1.807, 2.05) is 13.8 Å². The lowest BCUT2D eigenvalue weighted by Crippen LogP contribution is -2.44. The second-order valence-corrected chi connectivity index (χ2v) is 14.8. The second kappa shape index (κ2) is 7.32. The van der Waals surface area contributed by atoms with Crippen molar-refractivity contribution in [2.75, 3.05) is 19.7 Å². The lowest BCUT2D eigenvalue weighted by atomic mass is 10.1. The van der Waals surface area contributed by atoms with Gasteiger partial charge in [-0.3, -0.25) is 0 Å². The summed E-state index contributed by atoms with van der Waals surface area (Å²) in [7, 11) is -1.93. The van der Waals surface area contributed by atoms with Gasteiger partial charge >= 0.3 is 0 Å². The quantitative estimate of drug-likeness (QED) is 0.510. The molecule has 0 amide bonds. The van der Waals surface area contributed by atoms with E-state index in [1.54, 1.807) is 4.90 Å². The van der Waals surface area contributed by atoms with Gasteiger partial charge in [0.05, 0.1) is 6.61 Å². The van der Waals surface area contributed by atoms with Gasteiger partial charge in [0.25, 0.3) is 0 Å². The number of hydrogen-bond donors (Lipinski definition) is 0. The number of hydrogen-bond acceptors (Lipinski definition) is 5. The van der Waals surface area contributed by atoms with E-state index in [0.717, 1.165) is 32.4 Å². The summed E-state index contributed by atoms with van der Waals surface area (Å²) in [5.74, 6) is -0.751. The molecule has 0 unspecified atom stereocenters. The summed E-state index contributed by atoms with van der Waals surface area (Å²) >= 11 is 0. The van der Waals surface area contributed by atoms with E-state index in [4.69, 9.17) is 18.6 Å². The van der Waals surface area contributed by atoms with Gasteiger partial charge < -0.3 is 23.5 Å². The van der Waals surface area contributed by atoms with Crippen LogP contribution < -0.4 is 0 Å². The molecule has 3 rings (SSSR count). The van der Waals surface area contributed by atoms with Crippen LogP contribution in [-0.4, -0.2) is 57.0 Å². The number of rotatable bonds is 4. The summed E-state index contributed by atoms with van der Waals surface area (Å²) in [6, 6.07) is 0. The van der Waals surface area contributed by atoms with Gasteiger partial charge in [0, 0.05) is 13.1 Å². The maximum Gasteiger partial charge on any atom is 0.230 e. The highest BCUT2D eigenvalue weighted by Crippen LogP contribution is 2.44. The fourth-order valence-corrected chi connectivity index (χ4v) is 4.62. The number of piperidine rings is 1. The molecule has 3 aliphatic rings. The van der Waals surface area contributed by atoms with E-state index in [9.17, 15) is 0 Å². The normalized spacial score (nSPS) is 33.0. The Labute approximate surface area is 164 Å². The third-order valence-electron chi connectivity index (χ3n) is 6.28. The summed E-state index contributed by atoms with van der Waals surface area (Å²) in [5, 5.41) is 0.106. The minimum absolute atomic E-state index is 0.106. The Hall–Kier alpha value is -0.633. The first-order valence-electron chi connectivity index (χ1n) is 10.2. The van der Waals surface area contributed by atoms with Gasteiger partial charge in [0.2, 0.25) is 5.95 Å². The van der Waals surface area contributed by atoms with Crippen LogP contribution in [0.1, 0.15) is 53.9 Å². The highest BCUT2D eigenvalue weighted by molar-refractivity contribution is 6.74. The summed E-state index contributed by atoms with van der Waals surface area (Å²) < 4.78 is 39.7. The summed E-state index contributed by atoms with van der Waals surface area (Å²) in [6.45, 7) is 16.6. The van der Waals surface area contributed by atoms with Crippen molar-refractivity contribution < 1.29 is 23.0 Å². The van der Waals surface area contributed by atoms with Crippen molar-refractivity contribution in [2.24, 2.45) is 0 Å². The van der Waals surface area contributed by atoms with Crippen LogP contribution in [0.3, 0.4) is 0 Å². The van der Waals surface area contributed by atoms with Crippen LogP contribution in [0, 0.1) is 0 Å². The van der Waals surface area contributed by atoms with Crippen molar-refractivity contribution in [3.05, 3.63) is 11.7 Å². The topological polar surface area (TPSA) is 40.2 Å². The number of fused-ring (bicyclic) bond motifs is 1.